The quantitative estimate of drug-likeness (QED) is 0.527. The molecular formula is C24H24N2O5S. The van der Waals surface area contributed by atoms with E-state index in [1.165, 1.54) is 20.3 Å². The van der Waals surface area contributed by atoms with E-state index in [1.807, 2.05) is 18.2 Å². The molecule has 0 bridgehead atoms. The minimum atomic E-state index is -3.97. The number of benzene rings is 3. The van der Waals surface area contributed by atoms with Crippen LogP contribution in [0.2, 0.25) is 0 Å². The number of carbonyl (C=O) groups is 1. The van der Waals surface area contributed by atoms with Crippen LogP contribution < -0.4 is 19.1 Å². The SMILES string of the molecule is COc1ccc(N(CC(=O)Nc2cccc(OC)c2)S(=O)(=O)/C=C/c2ccccc2)cc1. The van der Waals surface area contributed by atoms with Crippen molar-refractivity contribution >= 4 is 33.4 Å². The third kappa shape index (κ3) is 6.12. The number of methoxy groups -OCH3 is 2. The molecule has 0 unspecified atom stereocenters. The summed E-state index contributed by atoms with van der Waals surface area (Å²) < 4.78 is 37.7. The molecule has 0 spiro atoms. The Kier molecular flexibility index (Phi) is 7.51. The molecule has 0 aliphatic carbocycles. The van der Waals surface area contributed by atoms with E-state index in [9.17, 15) is 13.2 Å². The summed E-state index contributed by atoms with van der Waals surface area (Å²) in [5.74, 6) is 0.658. The summed E-state index contributed by atoms with van der Waals surface area (Å²) in [5.41, 5.74) is 1.57. The summed E-state index contributed by atoms with van der Waals surface area (Å²) in [6, 6.07) is 22.3. The van der Waals surface area contributed by atoms with Crippen LogP contribution in [0.5, 0.6) is 11.5 Å². The maximum absolute atomic E-state index is 13.2. The van der Waals surface area contributed by atoms with Gasteiger partial charge in [-0.05, 0) is 48.0 Å². The molecule has 0 saturated heterocycles. The number of ether oxygens (including phenoxy) is 2. The molecule has 3 aromatic carbocycles. The van der Waals surface area contributed by atoms with Crippen molar-refractivity contribution in [3.8, 4) is 11.5 Å². The van der Waals surface area contributed by atoms with Gasteiger partial charge in [-0.3, -0.25) is 9.10 Å². The van der Waals surface area contributed by atoms with E-state index in [2.05, 4.69) is 5.32 Å². The van der Waals surface area contributed by atoms with Crippen LogP contribution in [0.4, 0.5) is 11.4 Å². The zero-order valence-electron chi connectivity index (χ0n) is 17.8. The van der Waals surface area contributed by atoms with Crippen LogP contribution in [0, 0.1) is 0 Å². The Labute approximate surface area is 188 Å². The summed E-state index contributed by atoms with van der Waals surface area (Å²) >= 11 is 0. The van der Waals surface area contributed by atoms with Crippen molar-refractivity contribution in [1.29, 1.82) is 0 Å². The summed E-state index contributed by atoms with van der Waals surface area (Å²) in [4.78, 5) is 12.7. The lowest BCUT2D eigenvalue weighted by Crippen LogP contribution is -2.37. The highest BCUT2D eigenvalue weighted by atomic mass is 32.2. The zero-order valence-corrected chi connectivity index (χ0v) is 18.6. The lowest BCUT2D eigenvalue weighted by atomic mass is 10.2. The van der Waals surface area contributed by atoms with Crippen molar-refractivity contribution in [2.75, 3.05) is 30.4 Å². The van der Waals surface area contributed by atoms with Crippen LogP contribution in [0.15, 0.2) is 84.3 Å². The number of sulfonamides is 1. The molecule has 7 nitrogen and oxygen atoms in total. The average Bonchev–Trinajstić information content (AvgIpc) is 2.82. The summed E-state index contributed by atoms with van der Waals surface area (Å²) in [6.45, 7) is -0.412. The van der Waals surface area contributed by atoms with Crippen molar-refractivity contribution in [2.24, 2.45) is 0 Å². The molecule has 0 heterocycles. The molecule has 0 aliphatic rings. The minimum absolute atomic E-state index is 0.337. The second-order valence-corrected chi connectivity index (χ2v) is 8.49. The fourth-order valence-corrected chi connectivity index (χ4v) is 4.10. The number of nitrogens with one attached hydrogen (secondary N) is 1. The second kappa shape index (κ2) is 10.5. The molecule has 0 atom stereocenters. The number of rotatable bonds is 9. The van der Waals surface area contributed by atoms with Gasteiger partial charge in [0.15, 0.2) is 0 Å². The van der Waals surface area contributed by atoms with Gasteiger partial charge in [-0.1, -0.05) is 36.4 Å². The van der Waals surface area contributed by atoms with E-state index in [0.717, 1.165) is 15.3 Å². The number of carbonyl (C=O) groups excluding carboxylic acids is 1. The normalized spacial score (nSPS) is 11.2. The Balaban J connectivity index is 1.87. The van der Waals surface area contributed by atoms with Crippen LogP contribution in [0.25, 0.3) is 6.08 Å². The molecule has 1 amide bonds. The first-order chi connectivity index (χ1) is 15.4. The Morgan fingerprint density at radius 2 is 1.59 bits per heavy atom. The number of amides is 1. The minimum Gasteiger partial charge on any atom is -0.497 e. The number of hydrogen-bond acceptors (Lipinski definition) is 5. The Bertz CT molecular complexity index is 1180. The fraction of sp³-hybridized carbons (Fsp3) is 0.125. The first kappa shape index (κ1) is 22.9. The lowest BCUT2D eigenvalue weighted by Gasteiger charge is -2.22. The molecule has 1 N–H and O–H groups in total. The molecule has 3 rings (SSSR count). The van der Waals surface area contributed by atoms with Crippen LogP contribution in [0.3, 0.4) is 0 Å². The van der Waals surface area contributed by atoms with E-state index in [4.69, 9.17) is 9.47 Å². The zero-order chi connectivity index (χ0) is 23.0. The monoisotopic (exact) mass is 452 g/mol. The van der Waals surface area contributed by atoms with Crippen LogP contribution in [0.1, 0.15) is 5.56 Å². The molecule has 3 aromatic rings. The standard InChI is InChI=1S/C24H24N2O5S/c1-30-22-13-11-21(12-14-22)26(32(28,29)16-15-19-7-4-3-5-8-19)18-24(27)25-20-9-6-10-23(17-20)31-2/h3-17H,18H2,1-2H3,(H,25,27)/b16-15+. The second-order valence-electron chi connectivity index (χ2n) is 6.74. The van der Waals surface area contributed by atoms with E-state index in [0.29, 0.717) is 22.9 Å². The van der Waals surface area contributed by atoms with E-state index >= 15 is 0 Å². The molecule has 32 heavy (non-hydrogen) atoms. The van der Waals surface area contributed by atoms with Crippen molar-refractivity contribution in [1.82, 2.24) is 0 Å². The largest absolute Gasteiger partial charge is 0.497 e. The molecule has 0 radical (unpaired) electrons. The number of hydrogen-bond donors (Lipinski definition) is 1. The lowest BCUT2D eigenvalue weighted by molar-refractivity contribution is -0.114. The van der Waals surface area contributed by atoms with E-state index < -0.39 is 22.5 Å². The highest BCUT2D eigenvalue weighted by Gasteiger charge is 2.23. The van der Waals surface area contributed by atoms with Crippen molar-refractivity contribution in [2.45, 2.75) is 0 Å². The van der Waals surface area contributed by atoms with Gasteiger partial charge < -0.3 is 14.8 Å². The van der Waals surface area contributed by atoms with Gasteiger partial charge in [-0.25, -0.2) is 8.42 Å². The smallest absolute Gasteiger partial charge is 0.257 e. The van der Waals surface area contributed by atoms with Gasteiger partial charge in [-0.2, -0.15) is 0 Å². The summed E-state index contributed by atoms with van der Waals surface area (Å²) in [5, 5.41) is 3.80. The molecule has 8 heteroatoms. The molecule has 0 saturated carbocycles. The molecule has 0 aliphatic heterocycles. The fourth-order valence-electron chi connectivity index (χ4n) is 2.91. The highest BCUT2D eigenvalue weighted by Crippen LogP contribution is 2.23. The van der Waals surface area contributed by atoms with Gasteiger partial charge in [0, 0.05) is 11.8 Å². The molecule has 0 aromatic heterocycles. The predicted octanol–water partition coefficient (Wildman–Crippen LogP) is 4.15. The third-order valence-corrected chi connectivity index (χ3v) is 5.97. The van der Waals surface area contributed by atoms with E-state index in [-0.39, 0.29) is 0 Å². The van der Waals surface area contributed by atoms with Crippen molar-refractivity contribution in [3.63, 3.8) is 0 Å². The maximum Gasteiger partial charge on any atom is 0.257 e. The highest BCUT2D eigenvalue weighted by molar-refractivity contribution is 7.95. The molecule has 0 fully saturated rings. The first-order valence-electron chi connectivity index (χ1n) is 9.75. The topological polar surface area (TPSA) is 84.9 Å². The predicted molar refractivity (Wildman–Crippen MR) is 126 cm³/mol. The van der Waals surface area contributed by atoms with E-state index in [1.54, 1.807) is 60.7 Å². The van der Waals surface area contributed by atoms with Gasteiger partial charge in [0.1, 0.15) is 18.0 Å². The molecular weight excluding hydrogens is 428 g/mol. The first-order valence-corrected chi connectivity index (χ1v) is 11.3. The maximum atomic E-state index is 13.2. The molecule has 166 valence electrons. The van der Waals surface area contributed by atoms with Gasteiger partial charge in [-0.15, -0.1) is 0 Å². The average molecular weight is 453 g/mol. The summed E-state index contributed by atoms with van der Waals surface area (Å²) in [6.07, 6.45) is 1.49. The number of anilines is 2. The van der Waals surface area contributed by atoms with Gasteiger partial charge in [0.2, 0.25) is 5.91 Å². The van der Waals surface area contributed by atoms with Crippen LogP contribution in [-0.4, -0.2) is 35.1 Å². The Hall–Kier alpha value is -3.78. The third-order valence-electron chi connectivity index (χ3n) is 4.54. The van der Waals surface area contributed by atoms with Gasteiger partial charge in [0.05, 0.1) is 25.3 Å². The van der Waals surface area contributed by atoms with Crippen LogP contribution in [-0.2, 0) is 14.8 Å². The van der Waals surface area contributed by atoms with Crippen molar-refractivity contribution in [3.05, 3.63) is 89.8 Å². The summed E-state index contributed by atoms with van der Waals surface area (Å²) in [7, 11) is -0.920. The van der Waals surface area contributed by atoms with Gasteiger partial charge in [0.25, 0.3) is 10.0 Å². The van der Waals surface area contributed by atoms with Crippen LogP contribution >= 0.6 is 0 Å². The Morgan fingerprint density at radius 1 is 0.906 bits per heavy atom. The Morgan fingerprint density at radius 3 is 2.25 bits per heavy atom. The van der Waals surface area contributed by atoms with Gasteiger partial charge >= 0.3 is 0 Å². The number of nitrogens with zero attached hydrogens (tertiary/aromatic N) is 1. The van der Waals surface area contributed by atoms with Crippen molar-refractivity contribution < 1.29 is 22.7 Å².